The van der Waals surface area contributed by atoms with Gasteiger partial charge in [-0.1, -0.05) is 0 Å². The molecule has 1 saturated heterocycles. The fraction of sp³-hybridized carbons (Fsp3) is 0.462. The topological polar surface area (TPSA) is 119 Å². The van der Waals surface area contributed by atoms with Crippen LogP contribution < -0.4 is 16.0 Å². The molecule has 39 heavy (non-hydrogen) atoms. The van der Waals surface area contributed by atoms with Crippen LogP contribution in [0.2, 0.25) is 0 Å². The van der Waals surface area contributed by atoms with E-state index in [4.69, 9.17) is 4.74 Å². The van der Waals surface area contributed by atoms with E-state index in [1.54, 1.807) is 6.92 Å². The summed E-state index contributed by atoms with van der Waals surface area (Å²) >= 11 is 0. The highest BCUT2D eigenvalue weighted by molar-refractivity contribution is 6.43. The lowest BCUT2D eigenvalue weighted by molar-refractivity contribution is -0.162. The standard InChI is InChI=1S/C26H30F4N4O5/c1-13-12-17(6-7-18(13)27)32-22(36)19-14(2)20(34(5)15(19)3)21(35)23(37)33-25(8-10-39-11-9-25)24(38)31-16(4)26(28,29)30/h6-7,12,16H,8-11H2,1-5H3,(H,31,38)(H,32,36)(H,33,37). The number of aryl methyl sites for hydroxylation is 1. The molecule has 0 saturated carbocycles. The maximum atomic E-state index is 13.6. The van der Waals surface area contributed by atoms with Crippen molar-refractivity contribution in [2.75, 3.05) is 18.5 Å². The molecule has 3 amide bonds. The van der Waals surface area contributed by atoms with E-state index in [0.29, 0.717) is 16.9 Å². The summed E-state index contributed by atoms with van der Waals surface area (Å²) in [5, 5.41) is 6.87. The predicted molar refractivity (Wildman–Crippen MR) is 133 cm³/mol. The quantitative estimate of drug-likeness (QED) is 0.276. The third-order valence-corrected chi connectivity index (χ3v) is 6.97. The van der Waals surface area contributed by atoms with E-state index in [1.165, 1.54) is 43.7 Å². The molecule has 0 spiro atoms. The van der Waals surface area contributed by atoms with E-state index in [-0.39, 0.29) is 42.9 Å². The Bertz CT molecular complexity index is 1310. The Labute approximate surface area is 222 Å². The molecule has 3 rings (SSSR count). The van der Waals surface area contributed by atoms with Crippen LogP contribution in [0, 0.1) is 26.6 Å². The van der Waals surface area contributed by atoms with Gasteiger partial charge in [0.15, 0.2) is 0 Å². The fourth-order valence-corrected chi connectivity index (χ4v) is 4.48. The van der Waals surface area contributed by atoms with Crippen LogP contribution in [0.1, 0.15) is 57.4 Å². The van der Waals surface area contributed by atoms with Gasteiger partial charge in [-0.05, 0) is 57.0 Å². The summed E-state index contributed by atoms with van der Waals surface area (Å²) in [4.78, 5) is 52.4. The number of anilines is 1. The first-order chi connectivity index (χ1) is 18.1. The number of halogens is 4. The Hall–Kier alpha value is -3.74. The van der Waals surface area contributed by atoms with E-state index in [1.807, 2.05) is 5.32 Å². The molecule has 1 aliphatic heterocycles. The van der Waals surface area contributed by atoms with Crippen molar-refractivity contribution in [3.8, 4) is 0 Å². The number of aromatic nitrogens is 1. The minimum Gasteiger partial charge on any atom is -0.381 e. The summed E-state index contributed by atoms with van der Waals surface area (Å²) in [6, 6.07) is 1.84. The number of ether oxygens (including phenoxy) is 1. The average molecular weight is 555 g/mol. The Balaban J connectivity index is 1.87. The molecule has 1 aromatic heterocycles. The molecular weight excluding hydrogens is 524 g/mol. The molecule has 212 valence electrons. The maximum absolute atomic E-state index is 13.6. The number of carbonyl (C=O) groups excluding carboxylic acids is 4. The minimum atomic E-state index is -4.71. The molecule has 2 heterocycles. The number of nitrogens with zero attached hydrogens (tertiary/aromatic N) is 1. The Morgan fingerprint density at radius 3 is 2.26 bits per heavy atom. The largest absolute Gasteiger partial charge is 0.408 e. The second-order valence-corrected chi connectivity index (χ2v) is 9.63. The number of rotatable bonds is 7. The van der Waals surface area contributed by atoms with Crippen molar-refractivity contribution in [3.63, 3.8) is 0 Å². The van der Waals surface area contributed by atoms with Crippen molar-refractivity contribution in [3.05, 3.63) is 52.1 Å². The molecule has 13 heteroatoms. The van der Waals surface area contributed by atoms with Gasteiger partial charge in [-0.3, -0.25) is 19.2 Å². The van der Waals surface area contributed by atoms with Gasteiger partial charge in [-0.25, -0.2) is 4.39 Å². The molecule has 1 fully saturated rings. The molecular formula is C26H30F4N4O5. The van der Waals surface area contributed by atoms with Gasteiger partial charge in [0.1, 0.15) is 17.4 Å². The third kappa shape index (κ3) is 6.13. The molecule has 2 aromatic rings. The van der Waals surface area contributed by atoms with Crippen LogP contribution >= 0.6 is 0 Å². The highest BCUT2D eigenvalue weighted by Gasteiger charge is 2.46. The summed E-state index contributed by atoms with van der Waals surface area (Å²) in [5.74, 6) is -4.39. The lowest BCUT2D eigenvalue weighted by Crippen LogP contribution is -2.64. The highest BCUT2D eigenvalue weighted by Crippen LogP contribution is 2.27. The number of benzene rings is 1. The molecule has 0 bridgehead atoms. The number of Topliss-reactive ketones (excluding diaryl/α,β-unsaturated/α-hetero) is 1. The third-order valence-electron chi connectivity index (χ3n) is 6.97. The lowest BCUT2D eigenvalue weighted by atomic mass is 9.88. The van der Waals surface area contributed by atoms with Crippen molar-refractivity contribution < 1.29 is 41.5 Å². The molecule has 9 nitrogen and oxygen atoms in total. The molecule has 1 aromatic carbocycles. The van der Waals surface area contributed by atoms with Gasteiger partial charge >= 0.3 is 6.18 Å². The van der Waals surface area contributed by atoms with Gasteiger partial charge in [-0.15, -0.1) is 0 Å². The Morgan fingerprint density at radius 1 is 1.08 bits per heavy atom. The van der Waals surface area contributed by atoms with Gasteiger partial charge in [0.05, 0.1) is 11.3 Å². The number of hydrogen-bond donors (Lipinski definition) is 3. The van der Waals surface area contributed by atoms with Crippen LogP contribution in [0.5, 0.6) is 0 Å². The van der Waals surface area contributed by atoms with Gasteiger partial charge in [0.2, 0.25) is 5.91 Å². The fourth-order valence-electron chi connectivity index (χ4n) is 4.48. The first kappa shape index (κ1) is 29.8. The number of amides is 3. The normalized spacial score (nSPS) is 15.8. The summed E-state index contributed by atoms with van der Waals surface area (Å²) in [6.07, 6.45) is -4.99. The van der Waals surface area contributed by atoms with E-state index in [9.17, 15) is 36.7 Å². The van der Waals surface area contributed by atoms with Crippen LogP contribution in [0.25, 0.3) is 0 Å². The van der Waals surface area contributed by atoms with E-state index in [0.717, 1.165) is 6.92 Å². The van der Waals surface area contributed by atoms with Crippen molar-refractivity contribution in [2.24, 2.45) is 7.05 Å². The highest BCUT2D eigenvalue weighted by atomic mass is 19.4. The molecule has 3 N–H and O–H groups in total. The second kappa shape index (κ2) is 11.2. The van der Waals surface area contributed by atoms with Gasteiger partial charge < -0.3 is 25.3 Å². The summed E-state index contributed by atoms with van der Waals surface area (Å²) in [6.45, 7) is 5.32. The molecule has 0 radical (unpaired) electrons. The lowest BCUT2D eigenvalue weighted by Gasteiger charge is -2.37. The summed E-state index contributed by atoms with van der Waals surface area (Å²) in [7, 11) is 1.48. The zero-order chi connectivity index (χ0) is 29.3. The van der Waals surface area contributed by atoms with Crippen molar-refractivity contribution >= 4 is 29.2 Å². The van der Waals surface area contributed by atoms with E-state index in [2.05, 4.69) is 10.6 Å². The number of nitrogens with one attached hydrogen (secondary N) is 3. The van der Waals surface area contributed by atoms with Gasteiger partial charge in [0.25, 0.3) is 17.6 Å². The van der Waals surface area contributed by atoms with E-state index < -0.39 is 47.1 Å². The van der Waals surface area contributed by atoms with Crippen LogP contribution in [0.4, 0.5) is 23.2 Å². The zero-order valence-electron chi connectivity index (χ0n) is 22.1. The number of alkyl halides is 3. The van der Waals surface area contributed by atoms with Crippen LogP contribution in [-0.4, -0.2) is 59.0 Å². The Morgan fingerprint density at radius 2 is 1.69 bits per heavy atom. The smallest absolute Gasteiger partial charge is 0.381 e. The number of ketones is 1. The first-order valence-corrected chi connectivity index (χ1v) is 12.1. The monoisotopic (exact) mass is 554 g/mol. The van der Waals surface area contributed by atoms with Crippen LogP contribution in [-0.2, 0) is 21.4 Å². The molecule has 0 aliphatic carbocycles. The minimum absolute atomic E-state index is 0.0161. The molecule has 1 atom stereocenters. The summed E-state index contributed by atoms with van der Waals surface area (Å²) < 4.78 is 59.3. The van der Waals surface area contributed by atoms with Crippen molar-refractivity contribution in [1.29, 1.82) is 0 Å². The number of hydrogen-bond acceptors (Lipinski definition) is 5. The van der Waals surface area contributed by atoms with Gasteiger partial charge in [-0.2, -0.15) is 13.2 Å². The first-order valence-electron chi connectivity index (χ1n) is 12.1. The predicted octanol–water partition coefficient (Wildman–Crippen LogP) is 3.26. The summed E-state index contributed by atoms with van der Waals surface area (Å²) in [5.41, 5.74) is -0.616. The maximum Gasteiger partial charge on any atom is 0.408 e. The van der Waals surface area contributed by atoms with Crippen LogP contribution in [0.15, 0.2) is 18.2 Å². The van der Waals surface area contributed by atoms with Crippen molar-refractivity contribution in [2.45, 2.75) is 58.3 Å². The Kier molecular flexibility index (Phi) is 8.53. The SMILES string of the molecule is Cc1cc(NC(=O)c2c(C)c(C(=O)C(=O)NC3(C(=O)NC(C)C(F)(F)F)CCOCC3)n(C)c2C)ccc1F. The van der Waals surface area contributed by atoms with E-state index >= 15 is 0 Å². The van der Waals surface area contributed by atoms with Crippen LogP contribution in [0.3, 0.4) is 0 Å². The van der Waals surface area contributed by atoms with Gasteiger partial charge in [0, 0.05) is 44.5 Å². The molecule has 1 aliphatic rings. The number of carbonyl (C=O) groups is 4. The second-order valence-electron chi connectivity index (χ2n) is 9.63. The average Bonchev–Trinajstić information content (AvgIpc) is 3.08. The van der Waals surface area contributed by atoms with Crippen molar-refractivity contribution in [1.82, 2.24) is 15.2 Å². The zero-order valence-corrected chi connectivity index (χ0v) is 22.1. The molecule has 1 unspecified atom stereocenters.